The summed E-state index contributed by atoms with van der Waals surface area (Å²) in [5.74, 6) is -0.605. The van der Waals surface area contributed by atoms with Gasteiger partial charge in [-0.25, -0.2) is 4.79 Å². The first-order valence-electron chi connectivity index (χ1n) is 4.72. The van der Waals surface area contributed by atoms with Gasteiger partial charge in [-0.2, -0.15) is 13.2 Å². The number of aryl methyl sites for hydroxylation is 1. The van der Waals surface area contributed by atoms with Crippen molar-refractivity contribution < 1.29 is 27.4 Å². The van der Waals surface area contributed by atoms with E-state index in [-0.39, 0.29) is 5.56 Å². The highest BCUT2D eigenvalue weighted by molar-refractivity contribution is 5.90. The molecule has 17 heavy (non-hydrogen) atoms. The van der Waals surface area contributed by atoms with Gasteiger partial charge in [0.1, 0.15) is 5.75 Å². The fraction of sp³-hybridized carbons (Fsp3) is 0.364. The number of halogens is 3. The van der Waals surface area contributed by atoms with Crippen LogP contribution in [0.4, 0.5) is 13.2 Å². The number of esters is 1. The number of carbonyl (C=O) groups is 1. The van der Waals surface area contributed by atoms with Gasteiger partial charge in [0.15, 0.2) is 6.61 Å². The Bertz CT molecular complexity index is 413. The second-order valence-corrected chi connectivity index (χ2v) is 3.38. The average molecular weight is 248 g/mol. The van der Waals surface area contributed by atoms with E-state index >= 15 is 0 Å². The number of hydrogen-bond acceptors (Lipinski definition) is 3. The summed E-state index contributed by atoms with van der Waals surface area (Å²) in [5.41, 5.74) is 0.802. The molecule has 0 aliphatic rings. The van der Waals surface area contributed by atoms with Crippen LogP contribution in [0.3, 0.4) is 0 Å². The highest BCUT2D eigenvalue weighted by Crippen LogP contribution is 2.20. The van der Waals surface area contributed by atoms with E-state index in [4.69, 9.17) is 4.74 Å². The van der Waals surface area contributed by atoms with Crippen LogP contribution in [0.25, 0.3) is 0 Å². The summed E-state index contributed by atoms with van der Waals surface area (Å²) in [6.45, 7) is 0.158. The third-order valence-electron chi connectivity index (χ3n) is 2.01. The molecule has 0 saturated carbocycles. The van der Waals surface area contributed by atoms with Crippen molar-refractivity contribution in [1.82, 2.24) is 0 Å². The quantitative estimate of drug-likeness (QED) is 0.771. The van der Waals surface area contributed by atoms with Crippen molar-refractivity contribution in [2.75, 3.05) is 13.7 Å². The molecule has 0 saturated heterocycles. The molecule has 0 spiro atoms. The summed E-state index contributed by atoms with van der Waals surface area (Å²) in [4.78, 5) is 11.3. The summed E-state index contributed by atoms with van der Waals surface area (Å²) in [6, 6.07) is 4.30. The van der Waals surface area contributed by atoms with Gasteiger partial charge in [-0.1, -0.05) is 6.07 Å². The van der Waals surface area contributed by atoms with E-state index in [0.29, 0.717) is 5.75 Å². The maximum atomic E-state index is 11.8. The summed E-state index contributed by atoms with van der Waals surface area (Å²) < 4.78 is 44.6. The third-order valence-corrected chi connectivity index (χ3v) is 2.01. The van der Waals surface area contributed by atoms with E-state index in [1.54, 1.807) is 13.0 Å². The Hall–Kier alpha value is -1.72. The van der Waals surface area contributed by atoms with Crippen molar-refractivity contribution >= 4 is 5.97 Å². The number of carbonyl (C=O) groups excluding carboxylic acids is 1. The standard InChI is InChI=1S/C11H11F3O3/c1-7-3-4-8(5-9(7)16-2)10(15)17-6-11(12,13)14/h3-5H,6H2,1-2H3. The zero-order valence-electron chi connectivity index (χ0n) is 9.30. The number of methoxy groups -OCH3 is 1. The summed E-state index contributed by atoms with van der Waals surface area (Å²) >= 11 is 0. The molecule has 1 rings (SSSR count). The fourth-order valence-corrected chi connectivity index (χ4v) is 1.18. The van der Waals surface area contributed by atoms with E-state index in [1.165, 1.54) is 19.2 Å². The van der Waals surface area contributed by atoms with Crippen molar-refractivity contribution in [3.8, 4) is 5.75 Å². The lowest BCUT2D eigenvalue weighted by molar-refractivity contribution is -0.161. The minimum atomic E-state index is -4.52. The lowest BCUT2D eigenvalue weighted by Gasteiger charge is -2.09. The zero-order chi connectivity index (χ0) is 13.1. The monoisotopic (exact) mass is 248 g/mol. The summed E-state index contributed by atoms with van der Waals surface area (Å²) in [7, 11) is 1.41. The average Bonchev–Trinajstić information content (AvgIpc) is 2.25. The van der Waals surface area contributed by atoms with Gasteiger partial charge in [0.2, 0.25) is 0 Å². The SMILES string of the molecule is COc1cc(C(=O)OCC(F)(F)F)ccc1C. The Kier molecular flexibility index (Phi) is 3.98. The number of ether oxygens (including phenoxy) is 2. The van der Waals surface area contributed by atoms with E-state index in [0.717, 1.165) is 5.56 Å². The smallest absolute Gasteiger partial charge is 0.422 e. The molecule has 0 aliphatic heterocycles. The lowest BCUT2D eigenvalue weighted by atomic mass is 10.1. The molecule has 1 aromatic carbocycles. The number of rotatable bonds is 3. The van der Waals surface area contributed by atoms with Gasteiger partial charge in [-0.3, -0.25) is 0 Å². The predicted octanol–water partition coefficient (Wildman–Crippen LogP) is 2.72. The first kappa shape index (κ1) is 13.3. The third kappa shape index (κ3) is 3.97. The van der Waals surface area contributed by atoms with Crippen LogP contribution < -0.4 is 4.74 Å². The second-order valence-electron chi connectivity index (χ2n) is 3.38. The van der Waals surface area contributed by atoms with Gasteiger partial charge < -0.3 is 9.47 Å². The Balaban J connectivity index is 2.76. The normalized spacial score (nSPS) is 11.1. The van der Waals surface area contributed by atoms with Crippen LogP contribution in [0, 0.1) is 6.92 Å². The zero-order valence-corrected chi connectivity index (χ0v) is 9.30. The van der Waals surface area contributed by atoms with E-state index in [9.17, 15) is 18.0 Å². The van der Waals surface area contributed by atoms with Gasteiger partial charge >= 0.3 is 12.1 Å². The lowest BCUT2D eigenvalue weighted by Crippen LogP contribution is -2.20. The molecule has 0 heterocycles. The molecule has 94 valence electrons. The Morgan fingerprint density at radius 3 is 2.53 bits per heavy atom. The van der Waals surface area contributed by atoms with Gasteiger partial charge in [0, 0.05) is 0 Å². The molecule has 0 fully saturated rings. The first-order valence-corrected chi connectivity index (χ1v) is 4.72. The van der Waals surface area contributed by atoms with Gasteiger partial charge in [0.25, 0.3) is 0 Å². The van der Waals surface area contributed by atoms with Crippen molar-refractivity contribution in [3.05, 3.63) is 29.3 Å². The highest BCUT2D eigenvalue weighted by Gasteiger charge is 2.29. The highest BCUT2D eigenvalue weighted by atomic mass is 19.4. The molecule has 0 amide bonds. The molecular formula is C11H11F3O3. The van der Waals surface area contributed by atoms with Crippen molar-refractivity contribution in [2.24, 2.45) is 0 Å². The van der Waals surface area contributed by atoms with E-state index in [1.807, 2.05) is 0 Å². The van der Waals surface area contributed by atoms with Gasteiger partial charge in [-0.15, -0.1) is 0 Å². The molecule has 0 N–H and O–H groups in total. The fourth-order valence-electron chi connectivity index (χ4n) is 1.18. The summed E-state index contributed by atoms with van der Waals surface area (Å²) in [5, 5.41) is 0. The van der Waals surface area contributed by atoms with Crippen molar-refractivity contribution in [3.63, 3.8) is 0 Å². The van der Waals surface area contributed by atoms with Gasteiger partial charge in [-0.05, 0) is 24.6 Å². The number of alkyl halides is 3. The van der Waals surface area contributed by atoms with E-state index in [2.05, 4.69) is 4.74 Å². The molecule has 3 nitrogen and oxygen atoms in total. The maximum absolute atomic E-state index is 11.8. The Labute approximate surface area is 96.1 Å². The molecule has 0 radical (unpaired) electrons. The number of benzene rings is 1. The first-order chi connectivity index (χ1) is 7.83. The minimum Gasteiger partial charge on any atom is -0.496 e. The molecule has 0 aliphatic carbocycles. The number of hydrogen-bond donors (Lipinski definition) is 0. The molecule has 0 aromatic heterocycles. The van der Waals surface area contributed by atoms with Crippen LogP contribution in [0.2, 0.25) is 0 Å². The molecular weight excluding hydrogens is 237 g/mol. The molecule has 0 atom stereocenters. The predicted molar refractivity (Wildman–Crippen MR) is 54.1 cm³/mol. The molecule has 6 heteroatoms. The van der Waals surface area contributed by atoms with Crippen LogP contribution >= 0.6 is 0 Å². The topological polar surface area (TPSA) is 35.5 Å². The van der Waals surface area contributed by atoms with E-state index < -0.39 is 18.8 Å². The summed E-state index contributed by atoms with van der Waals surface area (Å²) in [6.07, 6.45) is -4.52. The van der Waals surface area contributed by atoms with Crippen molar-refractivity contribution in [2.45, 2.75) is 13.1 Å². The van der Waals surface area contributed by atoms with Crippen LogP contribution in [0.15, 0.2) is 18.2 Å². The molecule has 0 bridgehead atoms. The Morgan fingerprint density at radius 1 is 1.35 bits per heavy atom. The van der Waals surface area contributed by atoms with Gasteiger partial charge in [0.05, 0.1) is 12.7 Å². The van der Waals surface area contributed by atoms with Crippen LogP contribution in [-0.2, 0) is 4.74 Å². The maximum Gasteiger partial charge on any atom is 0.422 e. The molecule has 0 unspecified atom stereocenters. The van der Waals surface area contributed by atoms with Crippen LogP contribution in [0.1, 0.15) is 15.9 Å². The second kappa shape index (κ2) is 5.07. The van der Waals surface area contributed by atoms with Crippen molar-refractivity contribution in [1.29, 1.82) is 0 Å². The Morgan fingerprint density at radius 2 is 2.00 bits per heavy atom. The van der Waals surface area contributed by atoms with Crippen LogP contribution in [0.5, 0.6) is 5.75 Å². The largest absolute Gasteiger partial charge is 0.496 e. The molecule has 1 aromatic rings. The van der Waals surface area contributed by atoms with Crippen LogP contribution in [-0.4, -0.2) is 25.9 Å². The minimum absolute atomic E-state index is 0.0247.